The fraction of sp³-hybridized carbons (Fsp3) is 0.364. The van der Waals surface area contributed by atoms with E-state index in [9.17, 15) is 14.0 Å². The van der Waals surface area contributed by atoms with Gasteiger partial charge in [-0.15, -0.1) is 0 Å². The number of anilines is 1. The van der Waals surface area contributed by atoms with E-state index < -0.39 is 0 Å². The van der Waals surface area contributed by atoms with Crippen molar-refractivity contribution in [3.05, 3.63) is 50.6 Å². The van der Waals surface area contributed by atoms with Crippen molar-refractivity contribution in [1.82, 2.24) is 10.2 Å². The summed E-state index contributed by atoms with van der Waals surface area (Å²) in [5.41, 5.74) is 1.69. The van der Waals surface area contributed by atoms with Gasteiger partial charge in [0.15, 0.2) is 0 Å². The van der Waals surface area contributed by atoms with Gasteiger partial charge in [-0.05, 0) is 0 Å². The summed E-state index contributed by atoms with van der Waals surface area (Å²) in [6.45, 7) is 7.97. The van der Waals surface area contributed by atoms with Gasteiger partial charge in [-0.2, -0.15) is 0 Å². The van der Waals surface area contributed by atoms with Crippen molar-refractivity contribution in [3.63, 3.8) is 0 Å². The Labute approximate surface area is 181 Å². The second-order valence-corrected chi connectivity index (χ2v) is 9.39. The summed E-state index contributed by atoms with van der Waals surface area (Å²) in [6, 6.07) is 8.18. The van der Waals surface area contributed by atoms with Crippen LogP contribution in [0.3, 0.4) is 0 Å². The fourth-order valence-electron chi connectivity index (χ4n) is 3.18. The van der Waals surface area contributed by atoms with Gasteiger partial charge in [0.1, 0.15) is 0 Å². The molecule has 0 fully saturated rings. The quantitative estimate of drug-likeness (QED) is 0.407. The minimum atomic E-state index is -0.371. The van der Waals surface area contributed by atoms with Crippen LogP contribution in [0.15, 0.2) is 30.3 Å². The molecular formula is C22H26FN3O3Se. The number of hydrogen-bond donors (Lipinski definition) is 2. The Bertz CT molecular complexity index is 937. The number of fused-ring (bicyclic) bond motifs is 1. The first-order valence-electron chi connectivity index (χ1n) is 9.98. The van der Waals surface area contributed by atoms with Gasteiger partial charge in [-0.3, -0.25) is 0 Å². The van der Waals surface area contributed by atoms with Crippen LogP contribution in [0.5, 0.6) is 0 Å². The molecule has 0 atom stereocenters. The molecule has 0 saturated carbocycles. The molecule has 2 N–H and O–H groups in total. The van der Waals surface area contributed by atoms with Crippen LogP contribution in [-0.2, 0) is 20.9 Å². The molecule has 160 valence electrons. The molecule has 6 nitrogen and oxygen atoms in total. The molecule has 3 rings (SSSR count). The number of benzene rings is 1. The van der Waals surface area contributed by atoms with E-state index >= 15 is 0 Å². The van der Waals surface area contributed by atoms with Crippen LogP contribution >= 0.6 is 0 Å². The summed E-state index contributed by atoms with van der Waals surface area (Å²) in [7, 11) is 0. The minimum absolute atomic E-state index is 0.00257. The molecule has 2 aromatic rings. The maximum absolute atomic E-state index is 13.6. The zero-order chi connectivity index (χ0) is 21.5. The zero-order valence-electron chi connectivity index (χ0n) is 17.2. The number of hydrogen-bond acceptors (Lipinski definition) is 4. The summed E-state index contributed by atoms with van der Waals surface area (Å²) in [5.74, 6) is -0.715. The first-order valence-corrected chi connectivity index (χ1v) is 11.7. The van der Waals surface area contributed by atoms with E-state index in [-0.39, 0.29) is 38.7 Å². The van der Waals surface area contributed by atoms with Crippen LogP contribution in [0.25, 0.3) is 11.6 Å². The van der Waals surface area contributed by atoms with Crippen molar-refractivity contribution in [3.8, 4) is 0 Å². The number of rotatable bonds is 10. The third-order valence-corrected chi connectivity index (χ3v) is 6.97. The molecule has 2 amide bonds. The second kappa shape index (κ2) is 10.7. The Morgan fingerprint density at radius 2 is 2.07 bits per heavy atom. The van der Waals surface area contributed by atoms with Gasteiger partial charge < -0.3 is 0 Å². The van der Waals surface area contributed by atoms with Crippen molar-refractivity contribution in [1.29, 1.82) is 0 Å². The monoisotopic (exact) mass is 479 g/mol. The summed E-state index contributed by atoms with van der Waals surface area (Å²) in [4.78, 5) is 26.3. The van der Waals surface area contributed by atoms with Gasteiger partial charge >= 0.3 is 182 Å². The van der Waals surface area contributed by atoms with Crippen LogP contribution < -0.4 is 10.6 Å². The SMILES string of the molecule is CCN(CC)CCNC(=O)COCc1ccc(/C=C2\C(=O)Nc3ccc(F)cc32)[se]1. The van der Waals surface area contributed by atoms with Crippen molar-refractivity contribution in [2.75, 3.05) is 38.1 Å². The number of likely N-dealkylation sites (N-methyl/N-ethyl adjacent to an activating group) is 1. The van der Waals surface area contributed by atoms with E-state index in [0.717, 1.165) is 28.5 Å². The number of carbonyl (C=O) groups excluding carboxylic acids is 2. The number of ether oxygens (including phenoxy) is 1. The third kappa shape index (κ3) is 5.89. The summed E-state index contributed by atoms with van der Waals surface area (Å²) in [5, 5.41) is 5.62. The standard InChI is InChI=1S/C22H26FN3O3Se/c1-3-26(4-2)10-9-24-21(27)14-29-13-17-7-6-16(30-17)12-19-18-11-15(23)5-8-20(18)25-22(19)28/h5-8,11-12H,3-4,9-10,13-14H2,1-2H3,(H,24,27)(H,25,28)/b19-12-. The number of nitrogens with one attached hydrogen (secondary N) is 2. The third-order valence-electron chi connectivity index (χ3n) is 4.86. The molecule has 1 aliphatic heterocycles. The number of amides is 2. The van der Waals surface area contributed by atoms with Gasteiger partial charge in [-0.1, -0.05) is 0 Å². The van der Waals surface area contributed by atoms with Crippen LogP contribution in [-0.4, -0.2) is 64.0 Å². The topological polar surface area (TPSA) is 70.7 Å². The predicted molar refractivity (Wildman–Crippen MR) is 117 cm³/mol. The molecule has 1 aromatic carbocycles. The van der Waals surface area contributed by atoms with Gasteiger partial charge in [0, 0.05) is 0 Å². The fourth-order valence-corrected chi connectivity index (χ4v) is 5.06. The normalized spacial score (nSPS) is 14.3. The van der Waals surface area contributed by atoms with Gasteiger partial charge in [0.25, 0.3) is 0 Å². The predicted octanol–water partition coefficient (Wildman–Crippen LogP) is 2.35. The molecule has 0 spiro atoms. The second-order valence-electron chi connectivity index (χ2n) is 6.88. The number of halogens is 1. The van der Waals surface area contributed by atoms with Gasteiger partial charge in [-0.25, -0.2) is 0 Å². The van der Waals surface area contributed by atoms with Gasteiger partial charge in [0.05, 0.1) is 0 Å². The molecule has 0 radical (unpaired) electrons. The van der Waals surface area contributed by atoms with Crippen molar-refractivity contribution in [2.24, 2.45) is 0 Å². The van der Waals surface area contributed by atoms with Crippen LogP contribution in [0.2, 0.25) is 0 Å². The van der Waals surface area contributed by atoms with E-state index in [1.54, 1.807) is 6.07 Å². The van der Waals surface area contributed by atoms with Crippen LogP contribution in [0.4, 0.5) is 10.1 Å². The van der Waals surface area contributed by atoms with E-state index in [1.165, 1.54) is 12.1 Å². The Morgan fingerprint density at radius 1 is 1.27 bits per heavy atom. The summed E-state index contributed by atoms with van der Waals surface area (Å²) < 4.78 is 21.2. The molecular weight excluding hydrogens is 452 g/mol. The molecule has 1 aliphatic rings. The Kier molecular flexibility index (Phi) is 7.99. The van der Waals surface area contributed by atoms with Crippen molar-refractivity contribution >= 4 is 43.7 Å². The Hall–Kier alpha value is -2.25. The number of nitrogens with zero attached hydrogens (tertiary/aromatic N) is 1. The first-order chi connectivity index (χ1) is 14.5. The molecule has 1 aromatic heterocycles. The van der Waals surface area contributed by atoms with E-state index in [1.807, 2.05) is 18.2 Å². The first kappa shape index (κ1) is 22.4. The van der Waals surface area contributed by atoms with E-state index in [4.69, 9.17) is 4.74 Å². The molecule has 0 bridgehead atoms. The molecule has 0 unspecified atom stereocenters. The van der Waals surface area contributed by atoms with E-state index in [0.29, 0.717) is 30.0 Å². The molecule has 30 heavy (non-hydrogen) atoms. The maximum atomic E-state index is 13.6. The average molecular weight is 478 g/mol. The zero-order valence-corrected chi connectivity index (χ0v) is 18.9. The summed E-state index contributed by atoms with van der Waals surface area (Å²) >= 11 is 0.00257. The van der Waals surface area contributed by atoms with Crippen molar-refractivity contribution < 1.29 is 18.7 Å². The van der Waals surface area contributed by atoms with Crippen LogP contribution in [0.1, 0.15) is 28.3 Å². The summed E-state index contributed by atoms with van der Waals surface area (Å²) in [6.07, 6.45) is 1.81. The van der Waals surface area contributed by atoms with Crippen molar-refractivity contribution in [2.45, 2.75) is 20.5 Å². The van der Waals surface area contributed by atoms with Crippen LogP contribution in [0, 0.1) is 5.82 Å². The number of carbonyl (C=O) groups is 2. The molecule has 0 aliphatic carbocycles. The molecule has 8 heteroatoms. The molecule has 0 saturated heterocycles. The van der Waals surface area contributed by atoms with E-state index in [2.05, 4.69) is 29.4 Å². The molecule has 2 heterocycles. The average Bonchev–Trinajstić information content (AvgIpc) is 3.30. The Morgan fingerprint density at radius 3 is 2.83 bits per heavy atom. The van der Waals surface area contributed by atoms with Gasteiger partial charge in [0.2, 0.25) is 0 Å². The Balaban J connectivity index is 1.49.